The molecule has 4 rings (SSSR count). The van der Waals surface area contributed by atoms with Gasteiger partial charge in [0.15, 0.2) is 0 Å². The van der Waals surface area contributed by atoms with Crippen molar-refractivity contribution in [3.05, 3.63) is 53.6 Å². The maximum absolute atomic E-state index is 6.18. The molecular formula is C16H14NOY. The standard InChI is InChI=1S/C16H14NO.Y/c1-3-7-15-11(5-1)13-9-17-10-14(13)12-6-2-4-8-16(12)18-15;/h1,3-8,13-14,17H,9-10H2;/t13-,14-;/m1./s1. The van der Waals surface area contributed by atoms with Crippen molar-refractivity contribution < 1.29 is 35.7 Å². The first-order chi connectivity index (χ1) is 9.33. The van der Waals surface area contributed by atoms with Gasteiger partial charge in [0, 0.05) is 0 Å². The van der Waals surface area contributed by atoms with E-state index in [1.54, 1.807) is 0 Å². The van der Waals surface area contributed by atoms with Gasteiger partial charge < -0.3 is 0 Å². The van der Waals surface area contributed by atoms with Gasteiger partial charge in [-0.1, -0.05) is 0 Å². The maximum atomic E-state index is 6.18. The summed E-state index contributed by atoms with van der Waals surface area (Å²) >= 11 is 1.16. The van der Waals surface area contributed by atoms with Gasteiger partial charge in [0.1, 0.15) is 0 Å². The Hall–Kier alpha value is -0.696. The van der Waals surface area contributed by atoms with Gasteiger partial charge in [-0.05, 0) is 0 Å². The Labute approximate surface area is 133 Å². The summed E-state index contributed by atoms with van der Waals surface area (Å²) in [6, 6.07) is 15.2. The van der Waals surface area contributed by atoms with Gasteiger partial charge in [-0.15, -0.1) is 0 Å². The molecule has 0 unspecified atom stereocenters. The van der Waals surface area contributed by atoms with Gasteiger partial charge in [0.05, 0.1) is 0 Å². The Morgan fingerprint density at radius 2 is 1.68 bits per heavy atom. The normalized spacial score (nSPS) is 23.7. The van der Waals surface area contributed by atoms with Gasteiger partial charge in [-0.3, -0.25) is 0 Å². The van der Waals surface area contributed by atoms with Crippen molar-refractivity contribution in [1.29, 1.82) is 0 Å². The van der Waals surface area contributed by atoms with Crippen molar-refractivity contribution in [1.82, 2.24) is 5.32 Å². The van der Waals surface area contributed by atoms with Gasteiger partial charge >= 0.3 is 133 Å². The van der Waals surface area contributed by atoms with Crippen LogP contribution in [0.4, 0.5) is 0 Å². The van der Waals surface area contributed by atoms with Crippen molar-refractivity contribution in [3.63, 3.8) is 0 Å². The van der Waals surface area contributed by atoms with E-state index in [4.69, 9.17) is 4.74 Å². The zero-order chi connectivity index (χ0) is 12.8. The summed E-state index contributed by atoms with van der Waals surface area (Å²) in [6.07, 6.45) is 0. The molecule has 2 heterocycles. The third-order valence-corrected chi connectivity index (χ3v) is 5.07. The molecule has 0 spiro atoms. The van der Waals surface area contributed by atoms with Gasteiger partial charge in [0.2, 0.25) is 0 Å². The molecule has 2 nitrogen and oxygen atoms in total. The van der Waals surface area contributed by atoms with Crippen LogP contribution < -0.4 is 12.4 Å². The Balaban J connectivity index is 1.94. The van der Waals surface area contributed by atoms with E-state index < -0.39 is 0 Å². The molecule has 2 atom stereocenters. The molecule has 0 bridgehead atoms. The number of ether oxygens (including phenoxy) is 1. The summed E-state index contributed by atoms with van der Waals surface area (Å²) in [5, 5.41) is 3.55. The number of hydrogen-bond donors (Lipinski definition) is 1. The summed E-state index contributed by atoms with van der Waals surface area (Å²) in [7, 11) is 0. The minimum absolute atomic E-state index is 0.542. The minimum atomic E-state index is 0.542. The first-order valence-electron chi connectivity index (χ1n) is 6.70. The predicted octanol–water partition coefficient (Wildman–Crippen LogP) is 2.44. The fraction of sp³-hybridized carbons (Fsp3) is 0.250. The zero-order valence-electron chi connectivity index (χ0n) is 10.6. The average Bonchev–Trinajstić information content (AvgIpc) is 2.86. The fourth-order valence-corrected chi connectivity index (χ4v) is 3.96. The second-order valence-corrected chi connectivity index (χ2v) is 6.95. The molecule has 0 radical (unpaired) electrons. The van der Waals surface area contributed by atoms with E-state index in [9.17, 15) is 0 Å². The number of fused-ring (bicyclic) bond motifs is 5. The molecule has 2 aromatic carbocycles. The number of para-hydroxylation sites is 1. The van der Waals surface area contributed by atoms with E-state index in [1.165, 1.54) is 13.5 Å². The Morgan fingerprint density at radius 3 is 2.58 bits per heavy atom. The topological polar surface area (TPSA) is 21.3 Å². The van der Waals surface area contributed by atoms with E-state index in [-0.39, 0.29) is 0 Å². The summed E-state index contributed by atoms with van der Waals surface area (Å²) in [5.74, 6) is 3.16. The van der Waals surface area contributed by atoms with Crippen LogP contribution in [0.15, 0.2) is 42.5 Å². The van der Waals surface area contributed by atoms with Crippen LogP contribution in [0, 0.1) is 0 Å². The molecular weight excluding hydrogens is 311 g/mol. The number of benzene rings is 2. The summed E-state index contributed by atoms with van der Waals surface area (Å²) in [4.78, 5) is 0. The number of nitrogens with one attached hydrogen (secondary N) is 1. The van der Waals surface area contributed by atoms with E-state index in [0.717, 1.165) is 55.5 Å². The van der Waals surface area contributed by atoms with Crippen LogP contribution in [0.3, 0.4) is 0 Å². The second kappa shape index (κ2) is 4.69. The van der Waals surface area contributed by atoms with Crippen LogP contribution >= 0.6 is 0 Å². The average molecular weight is 325 g/mol. The fourth-order valence-electron chi connectivity index (χ4n) is 3.28. The van der Waals surface area contributed by atoms with E-state index in [0.29, 0.717) is 11.8 Å². The van der Waals surface area contributed by atoms with Crippen LogP contribution in [0.25, 0.3) is 0 Å². The summed E-state index contributed by atoms with van der Waals surface area (Å²) < 4.78 is 7.62. The van der Waals surface area contributed by atoms with Crippen molar-refractivity contribution in [2.24, 2.45) is 0 Å². The Bertz CT molecular complexity index is 640. The Kier molecular flexibility index (Phi) is 2.98. The van der Waals surface area contributed by atoms with Crippen molar-refractivity contribution in [2.45, 2.75) is 11.8 Å². The van der Waals surface area contributed by atoms with Crippen molar-refractivity contribution >= 4 is 2.37 Å². The quantitative estimate of drug-likeness (QED) is 0.803. The molecule has 2 aromatic rings. The SMILES string of the molecule is [Y][c]1ccc2c(c1)[C@H]1CNC[C@@H]1c1ccccc1O2. The van der Waals surface area contributed by atoms with Crippen molar-refractivity contribution in [3.8, 4) is 11.5 Å². The molecule has 2 aliphatic rings. The molecule has 0 aliphatic carbocycles. The van der Waals surface area contributed by atoms with Crippen LogP contribution in [-0.4, -0.2) is 13.1 Å². The molecule has 1 N–H and O–H groups in total. The molecule has 0 aromatic heterocycles. The summed E-state index contributed by atoms with van der Waals surface area (Å²) in [6.45, 7) is 2.11. The van der Waals surface area contributed by atoms with Crippen LogP contribution in [-0.2, 0) is 31.0 Å². The molecule has 1 fully saturated rings. The molecule has 0 amide bonds. The van der Waals surface area contributed by atoms with Crippen LogP contribution in [0.2, 0.25) is 0 Å². The van der Waals surface area contributed by atoms with Gasteiger partial charge in [-0.2, -0.15) is 0 Å². The Morgan fingerprint density at radius 1 is 0.947 bits per heavy atom. The molecule has 0 saturated carbocycles. The number of rotatable bonds is 0. The first kappa shape index (κ1) is 12.1. The molecule has 92 valence electrons. The second-order valence-electron chi connectivity index (χ2n) is 5.31. The van der Waals surface area contributed by atoms with Crippen LogP contribution in [0.1, 0.15) is 23.0 Å². The molecule has 1 saturated heterocycles. The van der Waals surface area contributed by atoms with E-state index >= 15 is 0 Å². The predicted molar refractivity (Wildman–Crippen MR) is 70.9 cm³/mol. The number of hydrogen-bond acceptors (Lipinski definition) is 2. The third kappa shape index (κ3) is 1.97. The summed E-state index contributed by atoms with van der Waals surface area (Å²) in [5.41, 5.74) is 2.74. The van der Waals surface area contributed by atoms with Gasteiger partial charge in [0.25, 0.3) is 0 Å². The van der Waals surface area contributed by atoms with E-state index in [1.807, 2.05) is 0 Å². The molecule has 19 heavy (non-hydrogen) atoms. The van der Waals surface area contributed by atoms with Gasteiger partial charge in [-0.25, -0.2) is 0 Å². The third-order valence-electron chi connectivity index (χ3n) is 4.19. The van der Waals surface area contributed by atoms with Crippen molar-refractivity contribution in [2.75, 3.05) is 13.1 Å². The first-order valence-corrected chi connectivity index (χ1v) is 8.12. The monoisotopic (exact) mass is 325 g/mol. The zero-order valence-corrected chi connectivity index (χ0v) is 13.4. The van der Waals surface area contributed by atoms with E-state index in [2.05, 4.69) is 47.8 Å². The molecule has 2 aliphatic heterocycles. The molecule has 3 heteroatoms. The van der Waals surface area contributed by atoms with Crippen LogP contribution in [0.5, 0.6) is 11.5 Å².